The average molecular weight is 383 g/mol. The predicted octanol–water partition coefficient (Wildman–Crippen LogP) is 8.34. The molecule has 1 aliphatic heterocycles. The first kappa shape index (κ1) is 18.6. The highest BCUT2D eigenvalue weighted by molar-refractivity contribution is 8.34. The van der Waals surface area contributed by atoms with E-state index in [0.717, 1.165) is 0 Å². The summed E-state index contributed by atoms with van der Waals surface area (Å²) in [5.41, 5.74) is 4.15. The SMILES string of the molecule is CC.Cc1cccc2c1S(c1ccccc1)(c1ccccc1)c1ccccc1-2. The topological polar surface area (TPSA) is 0 Å². The van der Waals surface area contributed by atoms with Gasteiger partial charge in [-0.3, -0.25) is 0 Å². The molecule has 28 heavy (non-hydrogen) atoms. The van der Waals surface area contributed by atoms with Gasteiger partial charge in [0.25, 0.3) is 0 Å². The first-order valence-electron chi connectivity index (χ1n) is 9.96. The lowest BCUT2D eigenvalue weighted by Crippen LogP contribution is -2.03. The van der Waals surface area contributed by atoms with Gasteiger partial charge in [0, 0.05) is 19.6 Å². The quantitative estimate of drug-likeness (QED) is 0.288. The molecule has 1 aliphatic rings. The fourth-order valence-electron chi connectivity index (χ4n) is 4.21. The van der Waals surface area contributed by atoms with E-state index in [-0.39, 0.29) is 0 Å². The van der Waals surface area contributed by atoms with Gasteiger partial charge >= 0.3 is 0 Å². The van der Waals surface area contributed by atoms with E-state index in [9.17, 15) is 0 Å². The van der Waals surface area contributed by atoms with E-state index in [2.05, 4.69) is 110 Å². The molecule has 1 heteroatoms. The second-order valence-electron chi connectivity index (χ2n) is 6.69. The molecule has 140 valence electrons. The van der Waals surface area contributed by atoms with E-state index < -0.39 is 10.0 Å². The zero-order valence-electron chi connectivity index (χ0n) is 16.7. The third-order valence-corrected chi connectivity index (χ3v) is 9.35. The molecule has 0 bridgehead atoms. The molecule has 0 atom stereocenters. The van der Waals surface area contributed by atoms with E-state index >= 15 is 0 Å². The average Bonchev–Trinajstić information content (AvgIpc) is 3.09. The maximum atomic E-state index is 2.34. The van der Waals surface area contributed by atoms with Crippen molar-refractivity contribution in [2.75, 3.05) is 0 Å². The van der Waals surface area contributed by atoms with Crippen molar-refractivity contribution in [3.8, 4) is 11.1 Å². The van der Waals surface area contributed by atoms with E-state index in [0.29, 0.717) is 0 Å². The molecule has 0 amide bonds. The highest BCUT2D eigenvalue weighted by Gasteiger charge is 2.42. The first-order valence-corrected chi connectivity index (χ1v) is 11.6. The van der Waals surface area contributed by atoms with Gasteiger partial charge in [0.05, 0.1) is 0 Å². The molecule has 4 aromatic rings. The number of fused-ring (bicyclic) bond motifs is 3. The van der Waals surface area contributed by atoms with Gasteiger partial charge < -0.3 is 0 Å². The molecular formula is C27H26S. The molecule has 0 saturated carbocycles. The second-order valence-corrected chi connectivity index (χ2v) is 9.70. The first-order chi connectivity index (χ1) is 13.8. The Morgan fingerprint density at radius 2 is 1.00 bits per heavy atom. The molecule has 0 aromatic heterocycles. The van der Waals surface area contributed by atoms with Gasteiger partial charge in [-0.15, -0.1) is 10.0 Å². The summed E-state index contributed by atoms with van der Waals surface area (Å²) in [4.78, 5) is 5.78. The van der Waals surface area contributed by atoms with Gasteiger partial charge in [-0.2, -0.15) is 0 Å². The molecule has 0 spiro atoms. The standard InChI is InChI=1S/C25H20S.C2H6/c1-19-11-10-17-23-22-16-8-9-18-24(22)26(25(19)23,20-12-4-2-5-13-20)21-14-6-3-7-15-21;1-2/h2-18H,1H3;1-2H3. The molecular weight excluding hydrogens is 356 g/mol. The Kier molecular flexibility index (Phi) is 5.11. The third kappa shape index (κ3) is 2.62. The minimum Gasteiger partial charge on any atom is -0.131 e. The molecule has 0 saturated heterocycles. The predicted molar refractivity (Wildman–Crippen MR) is 122 cm³/mol. The maximum Gasteiger partial charge on any atom is 0.0131 e. The smallest absolute Gasteiger partial charge is 0.0131 e. The summed E-state index contributed by atoms with van der Waals surface area (Å²) >= 11 is 0. The Morgan fingerprint density at radius 3 is 1.61 bits per heavy atom. The van der Waals surface area contributed by atoms with Gasteiger partial charge in [-0.05, 0) is 53.9 Å². The van der Waals surface area contributed by atoms with E-state index in [1.807, 2.05) is 13.8 Å². The van der Waals surface area contributed by atoms with Crippen LogP contribution < -0.4 is 0 Å². The minimum atomic E-state index is -1.47. The highest BCUT2D eigenvalue weighted by atomic mass is 32.3. The van der Waals surface area contributed by atoms with Crippen molar-refractivity contribution in [1.29, 1.82) is 0 Å². The molecule has 0 fully saturated rings. The van der Waals surface area contributed by atoms with Crippen LogP contribution in [0.3, 0.4) is 0 Å². The molecule has 4 aromatic carbocycles. The lowest BCUT2D eigenvalue weighted by atomic mass is 10.0. The summed E-state index contributed by atoms with van der Waals surface area (Å²) in [5.74, 6) is 0. The van der Waals surface area contributed by atoms with Gasteiger partial charge in [0.1, 0.15) is 0 Å². The van der Waals surface area contributed by atoms with Crippen molar-refractivity contribution in [1.82, 2.24) is 0 Å². The van der Waals surface area contributed by atoms with Gasteiger partial charge in [0.15, 0.2) is 0 Å². The van der Waals surface area contributed by atoms with Crippen LogP contribution in [-0.2, 0) is 0 Å². The van der Waals surface area contributed by atoms with Crippen LogP contribution in [0.25, 0.3) is 11.1 Å². The molecule has 0 unspecified atom stereocenters. The van der Waals surface area contributed by atoms with Crippen LogP contribution in [0, 0.1) is 6.92 Å². The number of benzene rings is 4. The van der Waals surface area contributed by atoms with Crippen LogP contribution in [0.1, 0.15) is 19.4 Å². The van der Waals surface area contributed by atoms with Gasteiger partial charge in [-0.1, -0.05) is 86.6 Å². The summed E-state index contributed by atoms with van der Waals surface area (Å²) in [6.07, 6.45) is 0. The van der Waals surface area contributed by atoms with Crippen LogP contribution in [0.15, 0.2) is 123 Å². The van der Waals surface area contributed by atoms with Crippen molar-refractivity contribution in [2.45, 2.75) is 40.4 Å². The van der Waals surface area contributed by atoms with Crippen molar-refractivity contribution < 1.29 is 0 Å². The zero-order chi connectivity index (χ0) is 19.6. The third-order valence-electron chi connectivity index (χ3n) is 5.22. The number of hydrogen-bond donors (Lipinski definition) is 0. The normalized spacial score (nSPS) is 14.2. The van der Waals surface area contributed by atoms with Crippen LogP contribution in [0.5, 0.6) is 0 Å². The highest BCUT2D eigenvalue weighted by Crippen LogP contribution is 2.80. The Bertz CT molecular complexity index is 1040. The Labute approximate surface area is 170 Å². The summed E-state index contributed by atoms with van der Waals surface area (Å²) in [7, 11) is -1.47. The Morgan fingerprint density at radius 1 is 0.500 bits per heavy atom. The van der Waals surface area contributed by atoms with E-state index in [1.165, 1.54) is 36.3 Å². The van der Waals surface area contributed by atoms with Crippen molar-refractivity contribution in [3.63, 3.8) is 0 Å². The second kappa shape index (κ2) is 7.69. The fraction of sp³-hybridized carbons (Fsp3) is 0.111. The van der Waals surface area contributed by atoms with Gasteiger partial charge in [-0.25, -0.2) is 0 Å². The van der Waals surface area contributed by atoms with Crippen LogP contribution >= 0.6 is 10.0 Å². The van der Waals surface area contributed by atoms with Crippen molar-refractivity contribution in [3.05, 3.63) is 109 Å². The molecule has 0 N–H and O–H groups in total. The maximum absolute atomic E-state index is 2.34. The summed E-state index contributed by atoms with van der Waals surface area (Å²) < 4.78 is 0. The monoisotopic (exact) mass is 382 g/mol. The summed E-state index contributed by atoms with van der Waals surface area (Å²) in [5, 5.41) is 0. The summed E-state index contributed by atoms with van der Waals surface area (Å²) in [6, 6.07) is 37.9. The van der Waals surface area contributed by atoms with Crippen molar-refractivity contribution in [2.24, 2.45) is 0 Å². The molecule has 0 nitrogen and oxygen atoms in total. The zero-order valence-corrected chi connectivity index (χ0v) is 17.5. The van der Waals surface area contributed by atoms with Crippen LogP contribution in [0.4, 0.5) is 0 Å². The Hall–Kier alpha value is -2.77. The molecule has 5 rings (SSSR count). The number of aryl methyl sites for hydroxylation is 1. The largest absolute Gasteiger partial charge is 0.131 e. The molecule has 1 heterocycles. The lowest BCUT2D eigenvalue weighted by Gasteiger charge is -2.40. The molecule has 0 radical (unpaired) electrons. The van der Waals surface area contributed by atoms with E-state index in [4.69, 9.17) is 0 Å². The lowest BCUT2D eigenvalue weighted by molar-refractivity contribution is 1.25. The molecule has 0 aliphatic carbocycles. The Balaban J connectivity index is 0.000000932. The fourth-order valence-corrected chi connectivity index (χ4v) is 8.66. The van der Waals surface area contributed by atoms with E-state index in [1.54, 1.807) is 0 Å². The van der Waals surface area contributed by atoms with Crippen LogP contribution in [-0.4, -0.2) is 0 Å². The number of hydrogen-bond acceptors (Lipinski definition) is 0. The number of rotatable bonds is 2. The minimum absolute atomic E-state index is 1.38. The van der Waals surface area contributed by atoms with Crippen molar-refractivity contribution >= 4 is 10.0 Å². The summed E-state index contributed by atoms with van der Waals surface area (Å²) in [6.45, 7) is 6.26. The van der Waals surface area contributed by atoms with Crippen LogP contribution in [0.2, 0.25) is 0 Å². The van der Waals surface area contributed by atoms with Gasteiger partial charge in [0.2, 0.25) is 0 Å².